The molecule has 24 heavy (non-hydrogen) atoms. The Kier molecular flexibility index (Phi) is 3.66. The number of hydrogen-bond acceptors (Lipinski definition) is 7. The lowest BCUT2D eigenvalue weighted by Gasteiger charge is -2.27. The van der Waals surface area contributed by atoms with Crippen LogP contribution in [0.3, 0.4) is 0 Å². The van der Waals surface area contributed by atoms with Crippen LogP contribution >= 0.6 is 11.3 Å². The zero-order chi connectivity index (χ0) is 16.9. The van der Waals surface area contributed by atoms with Crippen molar-refractivity contribution in [3.05, 3.63) is 36.1 Å². The first-order chi connectivity index (χ1) is 11.5. The SMILES string of the molecule is C[C@@]1(O)[C@H](O)[C@@H](CO)O[C@H]1n1ccc2c(-c3cccs3)ncnc21. The molecule has 0 amide bonds. The van der Waals surface area contributed by atoms with Crippen LogP contribution in [0.15, 0.2) is 36.1 Å². The molecule has 1 saturated heterocycles. The quantitative estimate of drug-likeness (QED) is 0.657. The number of fused-ring (bicyclic) bond motifs is 1. The molecule has 4 heterocycles. The summed E-state index contributed by atoms with van der Waals surface area (Å²) in [5.74, 6) is 0. The first kappa shape index (κ1) is 15.7. The van der Waals surface area contributed by atoms with Crippen LogP contribution in [0.25, 0.3) is 21.6 Å². The van der Waals surface area contributed by atoms with Crippen LogP contribution in [-0.4, -0.2) is 54.3 Å². The van der Waals surface area contributed by atoms with Gasteiger partial charge in [0, 0.05) is 11.6 Å². The zero-order valence-electron chi connectivity index (χ0n) is 12.9. The van der Waals surface area contributed by atoms with E-state index in [1.807, 2.05) is 23.6 Å². The molecule has 0 bridgehead atoms. The molecule has 3 N–H and O–H groups in total. The van der Waals surface area contributed by atoms with Crippen LogP contribution < -0.4 is 0 Å². The minimum absolute atomic E-state index is 0.373. The predicted octanol–water partition coefficient (Wildman–Crippen LogP) is 1.16. The number of aromatic nitrogens is 3. The number of nitrogens with zero attached hydrogens (tertiary/aromatic N) is 3. The van der Waals surface area contributed by atoms with E-state index in [1.165, 1.54) is 13.3 Å². The fraction of sp³-hybridized carbons (Fsp3) is 0.375. The number of thiophene rings is 1. The van der Waals surface area contributed by atoms with E-state index in [9.17, 15) is 15.3 Å². The Balaban J connectivity index is 1.83. The maximum Gasteiger partial charge on any atom is 0.167 e. The second-order valence-corrected chi connectivity index (χ2v) is 6.99. The lowest BCUT2D eigenvalue weighted by Crippen LogP contribution is -2.44. The first-order valence-corrected chi connectivity index (χ1v) is 8.44. The van der Waals surface area contributed by atoms with Crippen LogP contribution in [0.4, 0.5) is 0 Å². The van der Waals surface area contributed by atoms with Gasteiger partial charge in [-0.3, -0.25) is 0 Å². The molecule has 7 nitrogen and oxygen atoms in total. The van der Waals surface area contributed by atoms with E-state index < -0.39 is 24.0 Å². The highest BCUT2D eigenvalue weighted by molar-refractivity contribution is 7.13. The average Bonchev–Trinajstić information content (AvgIpc) is 3.28. The van der Waals surface area contributed by atoms with Crippen LogP contribution in [0.2, 0.25) is 0 Å². The van der Waals surface area contributed by atoms with Gasteiger partial charge in [-0.05, 0) is 24.4 Å². The molecule has 1 aliphatic heterocycles. The summed E-state index contributed by atoms with van der Waals surface area (Å²) < 4.78 is 7.35. The Morgan fingerprint density at radius 3 is 2.88 bits per heavy atom. The Bertz CT molecular complexity index is 861. The minimum Gasteiger partial charge on any atom is -0.394 e. The van der Waals surface area contributed by atoms with Gasteiger partial charge in [0.25, 0.3) is 0 Å². The number of aliphatic hydroxyl groups excluding tert-OH is 2. The van der Waals surface area contributed by atoms with E-state index in [1.54, 1.807) is 22.1 Å². The highest BCUT2D eigenvalue weighted by atomic mass is 32.1. The molecule has 0 saturated carbocycles. The van der Waals surface area contributed by atoms with Gasteiger partial charge in [0.05, 0.1) is 17.2 Å². The third-order valence-corrected chi connectivity index (χ3v) is 5.33. The summed E-state index contributed by atoms with van der Waals surface area (Å²) in [6.45, 7) is 1.12. The van der Waals surface area contributed by atoms with Crippen molar-refractivity contribution in [2.75, 3.05) is 6.61 Å². The van der Waals surface area contributed by atoms with Crippen molar-refractivity contribution in [1.82, 2.24) is 14.5 Å². The highest BCUT2D eigenvalue weighted by Gasteiger charge is 2.53. The fourth-order valence-corrected chi connectivity index (χ4v) is 3.90. The molecule has 0 aromatic carbocycles. The molecule has 3 aromatic rings. The number of rotatable bonds is 3. The highest BCUT2D eigenvalue weighted by Crippen LogP contribution is 2.40. The largest absolute Gasteiger partial charge is 0.394 e. The summed E-state index contributed by atoms with van der Waals surface area (Å²) in [5, 5.41) is 33.0. The van der Waals surface area contributed by atoms with Crippen LogP contribution in [0.5, 0.6) is 0 Å². The second-order valence-electron chi connectivity index (χ2n) is 6.04. The summed E-state index contributed by atoms with van der Waals surface area (Å²) in [4.78, 5) is 9.70. The van der Waals surface area contributed by atoms with Crippen molar-refractivity contribution in [1.29, 1.82) is 0 Å². The Morgan fingerprint density at radius 1 is 1.38 bits per heavy atom. The van der Waals surface area contributed by atoms with Crippen molar-refractivity contribution in [2.24, 2.45) is 0 Å². The lowest BCUT2D eigenvalue weighted by molar-refractivity contribution is -0.0948. The Labute approximate surface area is 141 Å². The second kappa shape index (κ2) is 5.61. The smallest absolute Gasteiger partial charge is 0.167 e. The predicted molar refractivity (Wildman–Crippen MR) is 88.5 cm³/mol. The minimum atomic E-state index is -1.55. The molecule has 1 fully saturated rings. The third-order valence-electron chi connectivity index (χ3n) is 4.45. The van der Waals surface area contributed by atoms with E-state index in [2.05, 4.69) is 9.97 Å². The lowest BCUT2D eigenvalue weighted by atomic mass is 9.96. The van der Waals surface area contributed by atoms with E-state index in [4.69, 9.17) is 4.74 Å². The van der Waals surface area contributed by atoms with Crippen molar-refractivity contribution in [2.45, 2.75) is 31.0 Å². The summed E-state index contributed by atoms with van der Waals surface area (Å²) in [6, 6.07) is 5.80. The molecular formula is C16H17N3O4S. The van der Waals surface area contributed by atoms with Crippen LogP contribution in [0, 0.1) is 0 Å². The van der Waals surface area contributed by atoms with Crippen molar-refractivity contribution < 1.29 is 20.1 Å². The number of hydrogen-bond donors (Lipinski definition) is 3. The molecular weight excluding hydrogens is 330 g/mol. The van der Waals surface area contributed by atoms with Crippen LogP contribution in [-0.2, 0) is 4.74 Å². The molecule has 0 unspecified atom stereocenters. The maximum absolute atomic E-state index is 10.7. The maximum atomic E-state index is 10.7. The zero-order valence-corrected chi connectivity index (χ0v) is 13.7. The monoisotopic (exact) mass is 347 g/mol. The van der Waals surface area contributed by atoms with Gasteiger partial charge in [-0.2, -0.15) is 0 Å². The van der Waals surface area contributed by atoms with Gasteiger partial charge in [-0.15, -0.1) is 11.3 Å². The molecule has 0 radical (unpaired) electrons. The third kappa shape index (κ3) is 2.19. The Hall–Kier alpha value is -1.84. The molecule has 8 heteroatoms. The van der Waals surface area contributed by atoms with Crippen molar-refractivity contribution in [3.63, 3.8) is 0 Å². The molecule has 4 atom stereocenters. The standard InChI is InChI=1S/C16H17N3O4S/c1-16(22)13(21)10(7-20)23-15(16)19-5-4-9-12(11-3-2-6-24-11)17-8-18-14(9)19/h2-6,8,10,13,15,20-22H,7H2,1H3/t10-,13-,15-,16-/m1/s1. The average molecular weight is 347 g/mol. The molecule has 0 spiro atoms. The summed E-state index contributed by atoms with van der Waals surface area (Å²) in [5.41, 5.74) is -0.136. The number of aliphatic hydroxyl groups is 3. The number of ether oxygens (including phenoxy) is 1. The topological polar surface area (TPSA) is 101 Å². The first-order valence-electron chi connectivity index (χ1n) is 7.56. The van der Waals surface area contributed by atoms with Crippen molar-refractivity contribution in [3.8, 4) is 10.6 Å². The normalized spacial score (nSPS) is 30.2. The van der Waals surface area contributed by atoms with E-state index >= 15 is 0 Å². The van der Waals surface area contributed by atoms with Gasteiger partial charge >= 0.3 is 0 Å². The van der Waals surface area contributed by atoms with Crippen molar-refractivity contribution >= 4 is 22.4 Å². The van der Waals surface area contributed by atoms with Crippen LogP contribution in [0.1, 0.15) is 13.2 Å². The summed E-state index contributed by atoms with van der Waals surface area (Å²) in [6.07, 6.45) is 0.331. The molecule has 126 valence electrons. The van der Waals surface area contributed by atoms with Gasteiger partial charge in [0.2, 0.25) is 0 Å². The molecule has 3 aromatic heterocycles. The Morgan fingerprint density at radius 2 is 2.21 bits per heavy atom. The molecule has 0 aliphatic carbocycles. The van der Waals surface area contributed by atoms with Gasteiger partial charge in [-0.1, -0.05) is 6.07 Å². The molecule has 4 rings (SSSR count). The van der Waals surface area contributed by atoms with E-state index in [-0.39, 0.29) is 6.61 Å². The fourth-order valence-electron chi connectivity index (χ4n) is 3.16. The van der Waals surface area contributed by atoms with Gasteiger partial charge in [-0.25, -0.2) is 9.97 Å². The van der Waals surface area contributed by atoms with E-state index in [0.717, 1.165) is 16.0 Å². The van der Waals surface area contributed by atoms with E-state index in [0.29, 0.717) is 5.65 Å². The van der Waals surface area contributed by atoms with Gasteiger partial charge < -0.3 is 24.6 Å². The molecule has 1 aliphatic rings. The summed E-state index contributed by atoms with van der Waals surface area (Å²) in [7, 11) is 0. The van der Waals surface area contributed by atoms with Gasteiger partial charge in [0.15, 0.2) is 6.23 Å². The van der Waals surface area contributed by atoms with Gasteiger partial charge in [0.1, 0.15) is 29.8 Å². The summed E-state index contributed by atoms with van der Waals surface area (Å²) >= 11 is 1.58.